The minimum absolute atomic E-state index is 0.0110. The second-order valence-corrected chi connectivity index (χ2v) is 6.48. The third kappa shape index (κ3) is 4.05. The summed E-state index contributed by atoms with van der Waals surface area (Å²) in [4.78, 5) is 13.6. The molecule has 0 saturated carbocycles. The van der Waals surface area contributed by atoms with Gasteiger partial charge in [-0.15, -0.1) is 11.3 Å². The molecule has 0 aliphatic carbocycles. The molecule has 1 fully saturated rings. The Morgan fingerprint density at radius 3 is 3.11 bits per heavy atom. The Hall–Kier alpha value is -0.870. The highest BCUT2D eigenvalue weighted by Crippen LogP contribution is 2.24. The van der Waals surface area contributed by atoms with E-state index in [0.717, 1.165) is 25.8 Å². The fourth-order valence-corrected chi connectivity index (χ4v) is 3.46. The molecule has 0 radical (unpaired) electrons. The van der Waals surface area contributed by atoms with E-state index in [2.05, 4.69) is 42.0 Å². The fraction of sp³-hybridized carbons (Fsp3) is 0.667. The van der Waals surface area contributed by atoms with Gasteiger partial charge in [0.2, 0.25) is 5.91 Å². The van der Waals surface area contributed by atoms with E-state index in [4.69, 9.17) is 0 Å². The number of piperidine rings is 1. The van der Waals surface area contributed by atoms with Crippen molar-refractivity contribution < 1.29 is 4.79 Å². The van der Waals surface area contributed by atoms with E-state index >= 15 is 0 Å². The fourth-order valence-electron chi connectivity index (χ4n) is 2.64. The maximum Gasteiger partial charge on any atom is 0.237 e. The molecular weight excluding hydrogens is 256 g/mol. The van der Waals surface area contributed by atoms with Gasteiger partial charge in [0.15, 0.2) is 0 Å². The molecular formula is C15H24N2OS. The van der Waals surface area contributed by atoms with E-state index in [1.807, 2.05) is 0 Å². The highest BCUT2D eigenvalue weighted by molar-refractivity contribution is 7.10. The van der Waals surface area contributed by atoms with Gasteiger partial charge in [-0.3, -0.25) is 4.79 Å². The number of amides is 1. The number of rotatable bonds is 5. The van der Waals surface area contributed by atoms with Crippen LogP contribution in [0.2, 0.25) is 0 Å². The van der Waals surface area contributed by atoms with Crippen molar-refractivity contribution in [1.29, 1.82) is 0 Å². The lowest BCUT2D eigenvalue weighted by molar-refractivity contribution is -0.124. The highest BCUT2D eigenvalue weighted by Gasteiger charge is 2.26. The maximum absolute atomic E-state index is 12.4. The molecule has 3 nitrogen and oxygen atoms in total. The smallest absolute Gasteiger partial charge is 0.237 e. The van der Waals surface area contributed by atoms with Crippen LogP contribution in [0.5, 0.6) is 0 Å². The first-order valence-electron chi connectivity index (χ1n) is 7.27. The molecule has 2 rings (SSSR count). The summed E-state index contributed by atoms with van der Waals surface area (Å²) >= 11 is 1.73. The molecule has 0 aromatic carbocycles. The van der Waals surface area contributed by atoms with Crippen molar-refractivity contribution in [3.8, 4) is 0 Å². The third-order valence-corrected chi connectivity index (χ3v) is 4.75. The van der Waals surface area contributed by atoms with E-state index in [0.29, 0.717) is 5.92 Å². The van der Waals surface area contributed by atoms with Crippen LogP contribution >= 0.6 is 11.3 Å². The molecule has 3 unspecified atom stereocenters. The Balaban J connectivity index is 1.95. The predicted molar refractivity (Wildman–Crippen MR) is 80.3 cm³/mol. The van der Waals surface area contributed by atoms with Gasteiger partial charge in [0.25, 0.3) is 0 Å². The van der Waals surface area contributed by atoms with Crippen molar-refractivity contribution in [2.75, 3.05) is 6.54 Å². The first-order chi connectivity index (χ1) is 9.20. The maximum atomic E-state index is 12.4. The summed E-state index contributed by atoms with van der Waals surface area (Å²) in [5.41, 5.74) is 0. The van der Waals surface area contributed by atoms with Gasteiger partial charge >= 0.3 is 0 Å². The SMILES string of the molecule is CCCC(NC(=O)C1CC(C)CCN1)c1cccs1. The number of hydrogen-bond donors (Lipinski definition) is 2. The Morgan fingerprint density at radius 2 is 2.47 bits per heavy atom. The summed E-state index contributed by atoms with van der Waals surface area (Å²) < 4.78 is 0. The van der Waals surface area contributed by atoms with Gasteiger partial charge in [0, 0.05) is 4.88 Å². The van der Waals surface area contributed by atoms with E-state index in [9.17, 15) is 4.79 Å². The molecule has 0 bridgehead atoms. The lowest BCUT2D eigenvalue weighted by atomic mass is 9.93. The van der Waals surface area contributed by atoms with Crippen molar-refractivity contribution in [3.05, 3.63) is 22.4 Å². The van der Waals surface area contributed by atoms with Gasteiger partial charge in [-0.05, 0) is 43.2 Å². The largest absolute Gasteiger partial charge is 0.347 e. The van der Waals surface area contributed by atoms with Crippen molar-refractivity contribution in [2.45, 2.75) is 51.6 Å². The van der Waals surface area contributed by atoms with Crippen LogP contribution in [0.1, 0.15) is 50.4 Å². The molecule has 1 amide bonds. The molecule has 1 aromatic rings. The van der Waals surface area contributed by atoms with Gasteiger partial charge in [-0.1, -0.05) is 26.3 Å². The summed E-state index contributed by atoms with van der Waals surface area (Å²) in [7, 11) is 0. The second-order valence-electron chi connectivity index (χ2n) is 5.50. The van der Waals surface area contributed by atoms with Crippen LogP contribution in [-0.4, -0.2) is 18.5 Å². The average molecular weight is 280 g/mol. The van der Waals surface area contributed by atoms with Gasteiger partial charge in [0.1, 0.15) is 0 Å². The Morgan fingerprint density at radius 1 is 1.63 bits per heavy atom. The standard InChI is InChI=1S/C15H24N2OS/c1-3-5-12(14-6-4-9-19-14)17-15(18)13-10-11(2)7-8-16-13/h4,6,9,11-13,16H,3,5,7-8,10H2,1-2H3,(H,17,18). The number of nitrogens with one attached hydrogen (secondary N) is 2. The second kappa shape index (κ2) is 7.06. The first-order valence-corrected chi connectivity index (χ1v) is 8.15. The van der Waals surface area contributed by atoms with Gasteiger partial charge < -0.3 is 10.6 Å². The van der Waals surface area contributed by atoms with Crippen molar-refractivity contribution in [1.82, 2.24) is 10.6 Å². The molecule has 1 saturated heterocycles. The summed E-state index contributed by atoms with van der Waals surface area (Å²) in [5.74, 6) is 0.807. The van der Waals surface area contributed by atoms with E-state index in [-0.39, 0.29) is 18.0 Å². The van der Waals surface area contributed by atoms with E-state index < -0.39 is 0 Å². The van der Waals surface area contributed by atoms with Gasteiger partial charge in [-0.25, -0.2) is 0 Å². The number of thiophene rings is 1. The molecule has 1 aliphatic rings. The first kappa shape index (κ1) is 14.5. The van der Waals surface area contributed by atoms with Crippen molar-refractivity contribution >= 4 is 17.2 Å². The predicted octanol–water partition coefficient (Wildman–Crippen LogP) is 3.09. The molecule has 1 aromatic heterocycles. The van der Waals surface area contributed by atoms with Crippen LogP contribution in [-0.2, 0) is 4.79 Å². The minimum atomic E-state index is -0.0110. The van der Waals surface area contributed by atoms with Crippen molar-refractivity contribution in [3.63, 3.8) is 0 Å². The van der Waals surface area contributed by atoms with Crippen LogP contribution in [0.15, 0.2) is 17.5 Å². The number of carbonyl (C=O) groups is 1. The van der Waals surface area contributed by atoms with Crippen molar-refractivity contribution in [2.24, 2.45) is 5.92 Å². The Labute approximate surface area is 119 Å². The van der Waals surface area contributed by atoms with Crippen LogP contribution in [0.3, 0.4) is 0 Å². The molecule has 2 heterocycles. The van der Waals surface area contributed by atoms with E-state index in [1.165, 1.54) is 11.3 Å². The zero-order valence-electron chi connectivity index (χ0n) is 11.8. The normalized spacial score (nSPS) is 24.9. The summed E-state index contributed by atoms with van der Waals surface area (Å²) in [6.07, 6.45) is 4.22. The zero-order valence-corrected chi connectivity index (χ0v) is 12.6. The lowest BCUT2D eigenvalue weighted by Gasteiger charge is -2.29. The lowest BCUT2D eigenvalue weighted by Crippen LogP contribution is -2.49. The monoisotopic (exact) mass is 280 g/mol. The topological polar surface area (TPSA) is 41.1 Å². The minimum Gasteiger partial charge on any atom is -0.347 e. The van der Waals surface area contributed by atoms with Gasteiger partial charge in [-0.2, -0.15) is 0 Å². The molecule has 0 spiro atoms. The Bertz CT molecular complexity index is 391. The van der Waals surface area contributed by atoms with E-state index in [1.54, 1.807) is 11.3 Å². The Kier molecular flexibility index (Phi) is 5.40. The average Bonchev–Trinajstić information content (AvgIpc) is 2.92. The summed E-state index contributed by atoms with van der Waals surface area (Å²) in [6, 6.07) is 4.33. The molecule has 106 valence electrons. The van der Waals surface area contributed by atoms with Gasteiger partial charge in [0.05, 0.1) is 12.1 Å². The van der Waals surface area contributed by atoms with Crippen LogP contribution < -0.4 is 10.6 Å². The quantitative estimate of drug-likeness (QED) is 0.870. The van der Waals surface area contributed by atoms with Crippen LogP contribution in [0, 0.1) is 5.92 Å². The molecule has 3 atom stereocenters. The highest BCUT2D eigenvalue weighted by atomic mass is 32.1. The molecule has 2 N–H and O–H groups in total. The molecule has 19 heavy (non-hydrogen) atoms. The van der Waals surface area contributed by atoms with Crippen LogP contribution in [0.4, 0.5) is 0 Å². The van der Waals surface area contributed by atoms with Crippen LogP contribution in [0.25, 0.3) is 0 Å². The summed E-state index contributed by atoms with van der Waals surface area (Å²) in [5, 5.41) is 8.63. The summed E-state index contributed by atoms with van der Waals surface area (Å²) in [6.45, 7) is 5.34. The zero-order chi connectivity index (χ0) is 13.7. The number of carbonyl (C=O) groups excluding carboxylic acids is 1. The molecule has 4 heteroatoms. The third-order valence-electron chi connectivity index (χ3n) is 3.76. The number of hydrogen-bond acceptors (Lipinski definition) is 3. The molecule has 1 aliphatic heterocycles.